The van der Waals surface area contributed by atoms with Crippen molar-refractivity contribution in [3.8, 4) is 0 Å². The third-order valence-electron chi connectivity index (χ3n) is 2.63. The molecule has 1 aromatic heterocycles. The van der Waals surface area contributed by atoms with Crippen LogP contribution in [0.3, 0.4) is 0 Å². The van der Waals surface area contributed by atoms with Crippen LogP contribution in [-0.2, 0) is 6.42 Å². The van der Waals surface area contributed by atoms with Crippen molar-refractivity contribution in [2.24, 2.45) is 4.99 Å². The summed E-state index contributed by atoms with van der Waals surface area (Å²) in [5.74, 6) is 0. The van der Waals surface area contributed by atoms with Gasteiger partial charge in [-0.1, -0.05) is 18.2 Å². The summed E-state index contributed by atoms with van der Waals surface area (Å²) < 4.78 is 0. The molecule has 2 heteroatoms. The summed E-state index contributed by atoms with van der Waals surface area (Å²) in [5.41, 5.74) is 3.70. The zero-order valence-corrected chi connectivity index (χ0v) is 9.34. The van der Waals surface area contributed by atoms with E-state index in [0.717, 1.165) is 12.1 Å². The topological polar surface area (TPSA) is 12.4 Å². The number of fused-ring (bicyclic) bond motifs is 1. The number of para-hydroxylation sites is 1. The first-order valence-corrected chi connectivity index (χ1v) is 5.87. The quantitative estimate of drug-likeness (QED) is 0.684. The molecule has 1 aliphatic heterocycles. The van der Waals surface area contributed by atoms with E-state index < -0.39 is 0 Å². The molecule has 74 valence electrons. The normalized spacial score (nSPS) is 13.8. The van der Waals surface area contributed by atoms with E-state index in [1.807, 2.05) is 17.4 Å². The molecular formula is C13H11NS. The first-order chi connectivity index (χ1) is 7.33. The Labute approximate surface area is 93.1 Å². The number of rotatable bonds is 1. The molecule has 0 atom stereocenters. The van der Waals surface area contributed by atoms with Crippen molar-refractivity contribution < 1.29 is 0 Å². The summed E-state index contributed by atoms with van der Waals surface area (Å²) in [4.78, 5) is 7.32. The van der Waals surface area contributed by atoms with Crippen LogP contribution in [0, 0.1) is 6.92 Å². The zero-order chi connectivity index (χ0) is 10.3. The summed E-state index contributed by atoms with van der Waals surface area (Å²) in [5, 5.41) is 0. The Hall–Kier alpha value is -1.41. The molecule has 0 amide bonds. The maximum Gasteiger partial charge on any atom is 0.0669 e. The Balaban J connectivity index is 2.01. The highest BCUT2D eigenvalue weighted by Gasteiger charge is 2.15. The number of hydrogen-bond donors (Lipinski definition) is 0. The molecule has 2 aromatic rings. The number of thiophene rings is 1. The van der Waals surface area contributed by atoms with Gasteiger partial charge in [-0.2, -0.15) is 0 Å². The molecule has 0 saturated heterocycles. The Morgan fingerprint density at radius 2 is 2.00 bits per heavy atom. The lowest BCUT2D eigenvalue weighted by Gasteiger charge is -1.94. The van der Waals surface area contributed by atoms with Crippen LogP contribution in [-0.4, -0.2) is 5.71 Å². The zero-order valence-electron chi connectivity index (χ0n) is 8.53. The van der Waals surface area contributed by atoms with E-state index in [-0.39, 0.29) is 0 Å². The van der Waals surface area contributed by atoms with Gasteiger partial charge in [0.15, 0.2) is 0 Å². The van der Waals surface area contributed by atoms with Gasteiger partial charge in [0.2, 0.25) is 0 Å². The molecule has 1 nitrogen and oxygen atoms in total. The van der Waals surface area contributed by atoms with Crippen LogP contribution in [0.4, 0.5) is 5.69 Å². The SMILES string of the molecule is Cc1ccc(C2=Nc3ccccc3C2)s1. The van der Waals surface area contributed by atoms with Crippen molar-refractivity contribution in [2.45, 2.75) is 13.3 Å². The average Bonchev–Trinajstić information content (AvgIpc) is 2.82. The van der Waals surface area contributed by atoms with Crippen molar-refractivity contribution in [1.29, 1.82) is 0 Å². The molecule has 0 unspecified atom stereocenters. The lowest BCUT2D eigenvalue weighted by Crippen LogP contribution is -1.96. The molecular weight excluding hydrogens is 202 g/mol. The third kappa shape index (κ3) is 1.51. The standard InChI is InChI=1S/C13H11NS/c1-9-6-7-13(15-9)12-8-10-4-2-3-5-11(10)14-12/h2-7H,8H2,1H3. The van der Waals surface area contributed by atoms with Crippen LogP contribution in [0.5, 0.6) is 0 Å². The predicted octanol–water partition coefficient (Wildman–Crippen LogP) is 3.73. The van der Waals surface area contributed by atoms with Gasteiger partial charge in [-0.25, -0.2) is 0 Å². The smallest absolute Gasteiger partial charge is 0.0669 e. The maximum atomic E-state index is 4.66. The fraction of sp³-hybridized carbons (Fsp3) is 0.154. The molecule has 0 spiro atoms. The summed E-state index contributed by atoms with van der Waals surface area (Å²) >= 11 is 1.82. The molecule has 0 bridgehead atoms. The number of nitrogens with zero attached hydrogens (tertiary/aromatic N) is 1. The van der Waals surface area contributed by atoms with Crippen LogP contribution in [0.1, 0.15) is 15.3 Å². The van der Waals surface area contributed by atoms with Gasteiger partial charge < -0.3 is 0 Å². The fourth-order valence-corrected chi connectivity index (χ4v) is 2.72. The van der Waals surface area contributed by atoms with E-state index >= 15 is 0 Å². The molecule has 1 aromatic carbocycles. The predicted molar refractivity (Wildman–Crippen MR) is 65.4 cm³/mol. The summed E-state index contributed by atoms with van der Waals surface area (Å²) in [6.45, 7) is 2.14. The summed E-state index contributed by atoms with van der Waals surface area (Å²) in [7, 11) is 0. The number of benzene rings is 1. The first kappa shape index (κ1) is 8.86. The number of aliphatic imine (C=N–C) groups is 1. The van der Waals surface area contributed by atoms with Crippen LogP contribution in [0.15, 0.2) is 41.4 Å². The van der Waals surface area contributed by atoms with Crippen LogP contribution < -0.4 is 0 Å². The van der Waals surface area contributed by atoms with Gasteiger partial charge in [0.05, 0.1) is 11.4 Å². The molecule has 0 aliphatic carbocycles. The molecule has 0 saturated carbocycles. The average molecular weight is 213 g/mol. The Bertz CT molecular complexity index is 537. The van der Waals surface area contributed by atoms with Gasteiger partial charge >= 0.3 is 0 Å². The van der Waals surface area contributed by atoms with E-state index in [0.29, 0.717) is 0 Å². The van der Waals surface area contributed by atoms with Gasteiger partial charge in [0.25, 0.3) is 0 Å². The van der Waals surface area contributed by atoms with Gasteiger partial charge in [0, 0.05) is 16.2 Å². The van der Waals surface area contributed by atoms with Crippen molar-refractivity contribution in [2.75, 3.05) is 0 Å². The van der Waals surface area contributed by atoms with Crippen molar-refractivity contribution >= 4 is 22.7 Å². The molecule has 0 radical (unpaired) electrons. The van der Waals surface area contributed by atoms with E-state index in [4.69, 9.17) is 0 Å². The molecule has 0 fully saturated rings. The van der Waals surface area contributed by atoms with Gasteiger partial charge in [-0.3, -0.25) is 4.99 Å². The second kappa shape index (κ2) is 3.31. The fourth-order valence-electron chi connectivity index (χ4n) is 1.87. The lowest BCUT2D eigenvalue weighted by molar-refractivity contribution is 1.40. The Morgan fingerprint density at radius 1 is 1.13 bits per heavy atom. The maximum absolute atomic E-state index is 4.66. The Kier molecular flexibility index (Phi) is 1.96. The number of aryl methyl sites for hydroxylation is 1. The van der Waals surface area contributed by atoms with Gasteiger partial charge in [-0.15, -0.1) is 11.3 Å². The Morgan fingerprint density at radius 3 is 2.73 bits per heavy atom. The third-order valence-corrected chi connectivity index (χ3v) is 3.68. The van der Waals surface area contributed by atoms with Crippen molar-refractivity contribution in [1.82, 2.24) is 0 Å². The van der Waals surface area contributed by atoms with E-state index in [1.54, 1.807) is 0 Å². The second-order valence-electron chi connectivity index (χ2n) is 3.77. The van der Waals surface area contributed by atoms with E-state index in [1.165, 1.54) is 21.0 Å². The lowest BCUT2D eigenvalue weighted by atomic mass is 10.1. The highest BCUT2D eigenvalue weighted by atomic mass is 32.1. The van der Waals surface area contributed by atoms with Gasteiger partial charge in [0.1, 0.15) is 0 Å². The van der Waals surface area contributed by atoms with E-state index in [2.05, 4.69) is 42.2 Å². The molecule has 1 aliphatic rings. The highest BCUT2D eigenvalue weighted by Crippen LogP contribution is 2.30. The highest BCUT2D eigenvalue weighted by molar-refractivity contribution is 7.14. The van der Waals surface area contributed by atoms with Crippen LogP contribution >= 0.6 is 11.3 Å². The largest absolute Gasteiger partial charge is 0.251 e. The first-order valence-electron chi connectivity index (χ1n) is 5.05. The molecule has 3 rings (SSSR count). The van der Waals surface area contributed by atoms with Gasteiger partial charge in [-0.05, 0) is 30.7 Å². The molecule has 15 heavy (non-hydrogen) atoms. The summed E-state index contributed by atoms with van der Waals surface area (Å²) in [6.07, 6.45) is 0.982. The second-order valence-corrected chi connectivity index (χ2v) is 5.06. The molecule has 0 N–H and O–H groups in total. The number of hydrogen-bond acceptors (Lipinski definition) is 2. The minimum absolute atomic E-state index is 0.982. The minimum Gasteiger partial charge on any atom is -0.251 e. The monoisotopic (exact) mass is 213 g/mol. The molecule has 2 heterocycles. The van der Waals surface area contributed by atoms with Crippen LogP contribution in [0.2, 0.25) is 0 Å². The minimum atomic E-state index is 0.982. The van der Waals surface area contributed by atoms with Crippen molar-refractivity contribution in [3.05, 3.63) is 51.7 Å². The summed E-state index contributed by atoms with van der Waals surface area (Å²) in [6, 6.07) is 12.7. The van der Waals surface area contributed by atoms with Crippen LogP contribution in [0.25, 0.3) is 0 Å². The van der Waals surface area contributed by atoms with E-state index in [9.17, 15) is 0 Å². The van der Waals surface area contributed by atoms with Crippen molar-refractivity contribution in [3.63, 3.8) is 0 Å².